The molecule has 0 atom stereocenters. The molecular formula is C21H12FN7O. The third kappa shape index (κ3) is 2.49. The summed E-state index contributed by atoms with van der Waals surface area (Å²) in [6, 6.07) is 6.81. The van der Waals surface area contributed by atoms with Crippen molar-refractivity contribution in [3.8, 4) is 33.9 Å². The van der Waals surface area contributed by atoms with Crippen LogP contribution >= 0.6 is 0 Å². The summed E-state index contributed by atoms with van der Waals surface area (Å²) in [4.78, 5) is 20.4. The Balaban J connectivity index is 1.55. The lowest BCUT2D eigenvalue weighted by Crippen LogP contribution is -1.88. The molecule has 6 aromatic rings. The molecule has 30 heavy (non-hydrogen) atoms. The number of imidazole rings is 1. The molecule has 0 aliphatic carbocycles. The van der Waals surface area contributed by atoms with Crippen molar-refractivity contribution < 1.29 is 8.81 Å². The summed E-state index contributed by atoms with van der Waals surface area (Å²) in [5.41, 5.74) is 5.17. The summed E-state index contributed by atoms with van der Waals surface area (Å²) in [6.45, 7) is 0. The first-order valence-corrected chi connectivity index (χ1v) is 9.08. The van der Waals surface area contributed by atoms with E-state index in [1.807, 2.05) is 12.1 Å². The Morgan fingerprint density at radius 3 is 2.70 bits per heavy atom. The van der Waals surface area contributed by atoms with Crippen LogP contribution in [0.4, 0.5) is 4.39 Å². The molecule has 0 amide bonds. The van der Waals surface area contributed by atoms with Crippen LogP contribution in [0.5, 0.6) is 0 Å². The highest BCUT2D eigenvalue weighted by molar-refractivity contribution is 5.97. The van der Waals surface area contributed by atoms with E-state index < -0.39 is 0 Å². The first-order chi connectivity index (χ1) is 14.8. The van der Waals surface area contributed by atoms with Gasteiger partial charge in [0.15, 0.2) is 5.82 Å². The molecule has 144 valence electrons. The van der Waals surface area contributed by atoms with E-state index in [9.17, 15) is 4.39 Å². The summed E-state index contributed by atoms with van der Waals surface area (Å²) in [6.07, 6.45) is 9.47. The fourth-order valence-electron chi connectivity index (χ4n) is 3.54. The largest absolute Gasteiger partial charge is 0.472 e. The molecule has 0 unspecified atom stereocenters. The number of benzene rings is 1. The highest BCUT2D eigenvalue weighted by Gasteiger charge is 2.18. The summed E-state index contributed by atoms with van der Waals surface area (Å²) in [5.74, 6) is 0.166. The van der Waals surface area contributed by atoms with Crippen LogP contribution in [0.1, 0.15) is 0 Å². The zero-order valence-corrected chi connectivity index (χ0v) is 15.3. The third-order valence-corrected chi connectivity index (χ3v) is 4.94. The van der Waals surface area contributed by atoms with Gasteiger partial charge in [0, 0.05) is 46.7 Å². The number of fused-ring (bicyclic) bond motifs is 2. The second-order valence-electron chi connectivity index (χ2n) is 6.73. The summed E-state index contributed by atoms with van der Waals surface area (Å²) < 4.78 is 19.8. The number of H-pyrrole nitrogens is 2. The van der Waals surface area contributed by atoms with Crippen molar-refractivity contribution in [2.24, 2.45) is 0 Å². The van der Waals surface area contributed by atoms with Crippen LogP contribution in [0.3, 0.4) is 0 Å². The molecule has 5 heterocycles. The SMILES string of the molecule is Fc1cc2[nH]nc(-c3nc4c(-c5ccoc5)nccc4[nH]3)c2cc1-c1cncnc1. The quantitative estimate of drug-likeness (QED) is 0.459. The zero-order chi connectivity index (χ0) is 20.1. The van der Waals surface area contributed by atoms with Gasteiger partial charge in [-0.25, -0.2) is 19.3 Å². The highest BCUT2D eigenvalue weighted by atomic mass is 19.1. The van der Waals surface area contributed by atoms with Gasteiger partial charge in [0.2, 0.25) is 0 Å². The first kappa shape index (κ1) is 16.5. The van der Waals surface area contributed by atoms with Crippen LogP contribution in [0.25, 0.3) is 55.8 Å². The van der Waals surface area contributed by atoms with Crippen LogP contribution in [-0.4, -0.2) is 35.1 Å². The summed E-state index contributed by atoms with van der Waals surface area (Å²) in [5, 5.41) is 7.98. The van der Waals surface area contributed by atoms with Gasteiger partial charge in [-0.2, -0.15) is 5.10 Å². The number of aromatic amines is 2. The average Bonchev–Trinajstić information content (AvgIpc) is 3.52. The van der Waals surface area contributed by atoms with Gasteiger partial charge >= 0.3 is 0 Å². The number of halogens is 1. The Bertz CT molecular complexity index is 1500. The van der Waals surface area contributed by atoms with E-state index >= 15 is 0 Å². The number of furan rings is 1. The molecule has 0 fully saturated rings. The molecule has 0 saturated carbocycles. The van der Waals surface area contributed by atoms with Crippen LogP contribution in [0.2, 0.25) is 0 Å². The van der Waals surface area contributed by atoms with Crippen LogP contribution in [-0.2, 0) is 0 Å². The van der Waals surface area contributed by atoms with Gasteiger partial charge < -0.3 is 9.40 Å². The van der Waals surface area contributed by atoms with Crippen molar-refractivity contribution in [2.75, 3.05) is 0 Å². The predicted octanol–water partition coefficient (Wildman–Crippen LogP) is 4.36. The van der Waals surface area contributed by atoms with E-state index in [1.165, 1.54) is 12.4 Å². The van der Waals surface area contributed by atoms with Gasteiger partial charge in [-0.15, -0.1) is 0 Å². The Morgan fingerprint density at radius 2 is 1.87 bits per heavy atom. The van der Waals surface area contributed by atoms with E-state index in [4.69, 9.17) is 9.40 Å². The molecule has 6 rings (SSSR count). The Morgan fingerprint density at radius 1 is 0.967 bits per heavy atom. The van der Waals surface area contributed by atoms with E-state index in [0.717, 1.165) is 16.5 Å². The van der Waals surface area contributed by atoms with Crippen LogP contribution in [0.15, 0.2) is 66.1 Å². The fraction of sp³-hybridized carbons (Fsp3) is 0. The topological polar surface area (TPSA) is 109 Å². The molecule has 8 nitrogen and oxygen atoms in total. The lowest BCUT2D eigenvalue weighted by molar-refractivity contribution is 0.568. The number of aromatic nitrogens is 7. The summed E-state index contributed by atoms with van der Waals surface area (Å²) in [7, 11) is 0. The van der Waals surface area contributed by atoms with E-state index in [2.05, 4.69) is 30.1 Å². The maximum atomic E-state index is 14.7. The normalized spacial score (nSPS) is 11.5. The van der Waals surface area contributed by atoms with Gasteiger partial charge in [-0.1, -0.05) is 0 Å². The molecule has 0 aliphatic rings. The number of hydrogen-bond donors (Lipinski definition) is 2. The lowest BCUT2D eigenvalue weighted by atomic mass is 10.0. The van der Waals surface area contributed by atoms with E-state index in [-0.39, 0.29) is 5.82 Å². The lowest BCUT2D eigenvalue weighted by Gasteiger charge is -2.03. The molecule has 0 spiro atoms. The smallest absolute Gasteiger partial charge is 0.159 e. The zero-order valence-electron chi connectivity index (χ0n) is 15.3. The molecule has 2 N–H and O–H groups in total. The van der Waals surface area contributed by atoms with Crippen molar-refractivity contribution in [1.82, 2.24) is 35.1 Å². The second-order valence-corrected chi connectivity index (χ2v) is 6.73. The summed E-state index contributed by atoms with van der Waals surface area (Å²) >= 11 is 0. The maximum absolute atomic E-state index is 14.7. The Kier molecular flexibility index (Phi) is 3.48. The number of pyridine rings is 1. The monoisotopic (exact) mass is 397 g/mol. The van der Waals surface area contributed by atoms with Crippen molar-refractivity contribution >= 4 is 21.9 Å². The molecule has 1 aromatic carbocycles. The molecule has 5 aromatic heterocycles. The first-order valence-electron chi connectivity index (χ1n) is 9.08. The minimum Gasteiger partial charge on any atom is -0.472 e. The fourth-order valence-corrected chi connectivity index (χ4v) is 3.54. The minimum atomic E-state index is -0.386. The van der Waals surface area contributed by atoms with Gasteiger partial charge in [-0.3, -0.25) is 10.1 Å². The second kappa shape index (κ2) is 6.31. The maximum Gasteiger partial charge on any atom is 0.159 e. The van der Waals surface area contributed by atoms with Gasteiger partial charge in [0.25, 0.3) is 0 Å². The average molecular weight is 397 g/mol. The molecule has 9 heteroatoms. The molecule has 0 aliphatic heterocycles. The van der Waals surface area contributed by atoms with E-state index in [0.29, 0.717) is 39.4 Å². The van der Waals surface area contributed by atoms with Crippen LogP contribution < -0.4 is 0 Å². The molecule has 0 radical (unpaired) electrons. The number of hydrogen-bond acceptors (Lipinski definition) is 6. The van der Waals surface area contributed by atoms with E-state index in [1.54, 1.807) is 37.2 Å². The highest BCUT2D eigenvalue weighted by Crippen LogP contribution is 2.33. The Labute approximate surface area is 167 Å². The van der Waals surface area contributed by atoms with Crippen molar-refractivity contribution in [3.05, 3.63) is 67.5 Å². The Hall–Kier alpha value is -4.40. The van der Waals surface area contributed by atoms with Crippen molar-refractivity contribution in [1.29, 1.82) is 0 Å². The molecule has 0 bridgehead atoms. The van der Waals surface area contributed by atoms with Gasteiger partial charge in [-0.05, 0) is 18.2 Å². The number of nitrogens with zero attached hydrogens (tertiary/aromatic N) is 5. The minimum absolute atomic E-state index is 0.386. The van der Waals surface area contributed by atoms with Crippen molar-refractivity contribution in [3.63, 3.8) is 0 Å². The van der Waals surface area contributed by atoms with Gasteiger partial charge in [0.1, 0.15) is 29.0 Å². The number of nitrogens with one attached hydrogen (secondary N) is 2. The standard InChI is InChI=1S/C21H12FN7O/c22-15-6-17-14(5-13(15)12-7-23-10-24-8-12)19(29-28-17)21-26-16-1-3-25-18(20(16)27-21)11-2-4-30-9-11/h1-10H,(H,26,27)(H,28,29). The van der Waals surface area contributed by atoms with Crippen molar-refractivity contribution in [2.45, 2.75) is 0 Å². The molecule has 0 saturated heterocycles. The van der Waals surface area contributed by atoms with Gasteiger partial charge in [0.05, 0.1) is 23.6 Å². The predicted molar refractivity (Wildman–Crippen MR) is 108 cm³/mol. The van der Waals surface area contributed by atoms with Crippen LogP contribution in [0, 0.1) is 5.82 Å². The molecular weight excluding hydrogens is 385 g/mol. The third-order valence-electron chi connectivity index (χ3n) is 4.94. The number of rotatable bonds is 3.